The molecule has 0 fully saturated rings. The maximum Gasteiger partial charge on any atom is 0.422 e. The Kier molecular flexibility index (Phi) is 5.36. The summed E-state index contributed by atoms with van der Waals surface area (Å²) in [7, 11) is 0. The summed E-state index contributed by atoms with van der Waals surface area (Å²) in [5.41, 5.74) is 0.0384. The second-order valence-electron chi connectivity index (χ2n) is 3.58. The van der Waals surface area contributed by atoms with Gasteiger partial charge >= 0.3 is 18.2 Å². The van der Waals surface area contributed by atoms with E-state index < -0.39 is 24.8 Å². The van der Waals surface area contributed by atoms with Gasteiger partial charge < -0.3 is 9.47 Å². The van der Waals surface area contributed by atoms with Gasteiger partial charge in [0.15, 0.2) is 6.61 Å². The van der Waals surface area contributed by atoms with Crippen molar-refractivity contribution in [2.75, 3.05) is 18.5 Å². The number of hydrogen-bond acceptors (Lipinski definition) is 4. The van der Waals surface area contributed by atoms with Crippen LogP contribution in [0.2, 0.25) is 0 Å². The van der Waals surface area contributed by atoms with Crippen molar-refractivity contribution in [1.29, 1.82) is 0 Å². The zero-order chi connectivity index (χ0) is 15.2. The smallest absolute Gasteiger partial charge is 0.422 e. The molecule has 0 saturated heterocycles. The summed E-state index contributed by atoms with van der Waals surface area (Å²) in [4.78, 5) is 22.8. The van der Waals surface area contributed by atoms with Gasteiger partial charge in [-0.15, -0.1) is 0 Å². The lowest BCUT2D eigenvalue weighted by molar-refractivity contribution is -0.159. The fourth-order valence-electron chi connectivity index (χ4n) is 1.27. The molecule has 0 heterocycles. The van der Waals surface area contributed by atoms with Gasteiger partial charge in [0.25, 0.3) is 0 Å². The molecule has 0 saturated carbocycles. The second-order valence-corrected chi connectivity index (χ2v) is 3.58. The number of halogens is 3. The third-order valence-electron chi connectivity index (χ3n) is 2.03. The van der Waals surface area contributed by atoms with E-state index in [4.69, 9.17) is 4.74 Å². The highest BCUT2D eigenvalue weighted by molar-refractivity contribution is 5.99. The van der Waals surface area contributed by atoms with E-state index in [9.17, 15) is 22.8 Å². The fourth-order valence-corrected chi connectivity index (χ4v) is 1.27. The highest BCUT2D eigenvalue weighted by Crippen LogP contribution is 2.18. The molecular formula is C12H12F3NO4. The Hall–Kier alpha value is -2.25. The number of amides is 1. The number of anilines is 1. The fraction of sp³-hybridized carbons (Fsp3) is 0.333. The maximum atomic E-state index is 11.9. The van der Waals surface area contributed by atoms with Crippen LogP contribution in [0.5, 0.6) is 0 Å². The molecule has 0 atom stereocenters. The number of nitrogens with one attached hydrogen (secondary N) is 1. The van der Waals surface area contributed by atoms with Gasteiger partial charge in [0.2, 0.25) is 0 Å². The first-order chi connectivity index (χ1) is 9.33. The predicted molar refractivity (Wildman–Crippen MR) is 63.4 cm³/mol. The average molecular weight is 291 g/mol. The average Bonchev–Trinajstić information content (AvgIpc) is 2.36. The molecule has 0 aromatic heterocycles. The highest BCUT2D eigenvalue weighted by atomic mass is 19.4. The number of rotatable bonds is 4. The number of hydrogen-bond donors (Lipinski definition) is 1. The molecule has 0 bridgehead atoms. The van der Waals surface area contributed by atoms with Crippen molar-refractivity contribution in [2.45, 2.75) is 13.1 Å². The molecular weight excluding hydrogens is 279 g/mol. The zero-order valence-electron chi connectivity index (χ0n) is 10.5. The number of esters is 1. The van der Waals surface area contributed by atoms with Crippen molar-refractivity contribution in [2.24, 2.45) is 0 Å². The van der Waals surface area contributed by atoms with Gasteiger partial charge in [-0.2, -0.15) is 13.2 Å². The van der Waals surface area contributed by atoms with Crippen molar-refractivity contribution >= 4 is 17.7 Å². The first kappa shape index (κ1) is 15.8. The van der Waals surface area contributed by atoms with Crippen molar-refractivity contribution in [3.05, 3.63) is 29.8 Å². The summed E-state index contributed by atoms with van der Waals surface area (Å²) < 4.78 is 44.4. The van der Waals surface area contributed by atoms with Crippen molar-refractivity contribution < 1.29 is 32.2 Å². The zero-order valence-corrected chi connectivity index (χ0v) is 10.5. The Morgan fingerprint density at radius 2 is 1.85 bits per heavy atom. The molecule has 1 rings (SSSR count). The van der Waals surface area contributed by atoms with Crippen molar-refractivity contribution in [3.8, 4) is 0 Å². The quantitative estimate of drug-likeness (QED) is 0.866. The molecule has 1 amide bonds. The van der Waals surface area contributed by atoms with Gasteiger partial charge in [-0.05, 0) is 19.1 Å². The Bertz CT molecular complexity index is 488. The number of carbonyl (C=O) groups is 2. The minimum absolute atomic E-state index is 0.0122. The Morgan fingerprint density at radius 1 is 1.20 bits per heavy atom. The molecule has 1 aromatic rings. The van der Waals surface area contributed by atoms with Gasteiger partial charge in [0.05, 0.1) is 17.9 Å². The van der Waals surface area contributed by atoms with E-state index in [1.807, 2.05) is 0 Å². The summed E-state index contributed by atoms with van der Waals surface area (Å²) in [6.07, 6.45) is -5.92. The van der Waals surface area contributed by atoms with Crippen LogP contribution in [0.25, 0.3) is 0 Å². The van der Waals surface area contributed by atoms with Crippen molar-refractivity contribution in [3.63, 3.8) is 0 Å². The Labute approximate surface area is 112 Å². The van der Waals surface area contributed by atoms with Crippen LogP contribution in [0.4, 0.5) is 23.7 Å². The first-order valence-corrected chi connectivity index (χ1v) is 5.60. The molecule has 0 aliphatic carbocycles. The molecule has 110 valence electrons. The number of ether oxygens (including phenoxy) is 2. The molecule has 1 N–H and O–H groups in total. The lowest BCUT2D eigenvalue weighted by atomic mass is 10.2. The third-order valence-corrected chi connectivity index (χ3v) is 2.03. The normalized spacial score (nSPS) is 10.8. The van der Waals surface area contributed by atoms with Crippen LogP contribution < -0.4 is 5.32 Å². The molecule has 20 heavy (non-hydrogen) atoms. The summed E-state index contributed by atoms with van der Waals surface area (Å²) in [6.45, 7) is 0.0254. The monoisotopic (exact) mass is 291 g/mol. The largest absolute Gasteiger partial charge is 0.462 e. The highest BCUT2D eigenvalue weighted by Gasteiger charge is 2.29. The second kappa shape index (κ2) is 6.78. The summed E-state index contributed by atoms with van der Waals surface area (Å²) >= 11 is 0. The van der Waals surface area contributed by atoms with E-state index >= 15 is 0 Å². The SMILES string of the molecule is CCOC(=O)c1ccccc1NC(=O)OCC(F)(F)F. The summed E-state index contributed by atoms with van der Waals surface area (Å²) in [6, 6.07) is 5.75. The van der Waals surface area contributed by atoms with E-state index in [0.717, 1.165) is 0 Å². The summed E-state index contributed by atoms with van der Waals surface area (Å²) in [5.74, 6) is -0.695. The Morgan fingerprint density at radius 3 is 2.45 bits per heavy atom. The number of benzene rings is 1. The number of carbonyl (C=O) groups excluding carboxylic acids is 2. The minimum Gasteiger partial charge on any atom is -0.462 e. The minimum atomic E-state index is -4.61. The molecule has 5 nitrogen and oxygen atoms in total. The van der Waals surface area contributed by atoms with E-state index in [0.29, 0.717) is 0 Å². The topological polar surface area (TPSA) is 64.6 Å². The van der Waals surface area contributed by atoms with Gasteiger partial charge in [0, 0.05) is 0 Å². The van der Waals surface area contributed by atoms with Crippen LogP contribution >= 0.6 is 0 Å². The molecule has 0 spiro atoms. The lowest BCUT2D eigenvalue weighted by Gasteiger charge is -2.11. The number of para-hydroxylation sites is 1. The van der Waals surface area contributed by atoms with Gasteiger partial charge in [-0.1, -0.05) is 12.1 Å². The third kappa shape index (κ3) is 5.17. The van der Waals surface area contributed by atoms with Crippen LogP contribution in [0.1, 0.15) is 17.3 Å². The predicted octanol–water partition coefficient (Wildman–Crippen LogP) is 2.97. The van der Waals surface area contributed by atoms with Gasteiger partial charge in [0.1, 0.15) is 0 Å². The standard InChI is InChI=1S/C12H12F3NO4/c1-2-19-10(17)8-5-3-4-6-9(8)16-11(18)20-7-12(13,14)15/h3-6H,2,7H2,1H3,(H,16,18). The molecule has 1 aromatic carbocycles. The van der Waals surface area contributed by atoms with Crippen LogP contribution in [-0.2, 0) is 9.47 Å². The molecule has 0 radical (unpaired) electrons. The van der Waals surface area contributed by atoms with E-state index in [1.54, 1.807) is 6.92 Å². The van der Waals surface area contributed by atoms with Gasteiger partial charge in [-0.25, -0.2) is 9.59 Å². The van der Waals surface area contributed by atoms with E-state index in [2.05, 4.69) is 10.1 Å². The van der Waals surface area contributed by atoms with Crippen LogP contribution in [0.3, 0.4) is 0 Å². The molecule has 0 aliphatic rings. The number of alkyl halides is 3. The maximum absolute atomic E-state index is 11.9. The van der Waals surface area contributed by atoms with Crippen molar-refractivity contribution in [1.82, 2.24) is 0 Å². The summed E-state index contributed by atoms with van der Waals surface area (Å²) in [5, 5.41) is 2.06. The molecule has 8 heteroatoms. The van der Waals surface area contributed by atoms with Crippen LogP contribution in [-0.4, -0.2) is 31.5 Å². The van der Waals surface area contributed by atoms with E-state index in [-0.39, 0.29) is 17.9 Å². The molecule has 0 aliphatic heterocycles. The Balaban J connectivity index is 2.72. The van der Waals surface area contributed by atoms with Crippen LogP contribution in [0, 0.1) is 0 Å². The lowest BCUT2D eigenvalue weighted by Crippen LogP contribution is -2.24. The first-order valence-electron chi connectivity index (χ1n) is 5.60. The molecule has 0 unspecified atom stereocenters. The van der Waals surface area contributed by atoms with Crippen LogP contribution in [0.15, 0.2) is 24.3 Å². The van der Waals surface area contributed by atoms with E-state index in [1.165, 1.54) is 24.3 Å². The van der Waals surface area contributed by atoms with Gasteiger partial charge in [-0.3, -0.25) is 5.32 Å².